The van der Waals surface area contributed by atoms with E-state index in [-0.39, 0.29) is 47.3 Å². The molecular formula is C20H32FIN4O2. The third-order valence-electron chi connectivity index (χ3n) is 4.91. The maximum atomic E-state index is 13.1. The highest BCUT2D eigenvalue weighted by Gasteiger charge is 2.25. The SMILES string of the molecule is CCOC(=O)N1CCC(NC(=NC)NCC(C)(C)c2ccc(F)cc2)CC1.I. The fourth-order valence-corrected chi connectivity index (χ4v) is 3.12. The molecule has 1 saturated heterocycles. The van der Waals surface area contributed by atoms with Gasteiger partial charge >= 0.3 is 6.09 Å². The molecule has 1 heterocycles. The fraction of sp³-hybridized carbons (Fsp3) is 0.600. The zero-order valence-corrected chi connectivity index (χ0v) is 19.5. The molecule has 1 fully saturated rings. The Morgan fingerprint density at radius 1 is 1.29 bits per heavy atom. The average molecular weight is 506 g/mol. The smallest absolute Gasteiger partial charge is 0.409 e. The standard InChI is InChI=1S/C20H31FN4O2.HI/c1-5-27-19(26)25-12-10-17(11-13-25)24-18(22-4)23-14-20(2,3)15-6-8-16(21)9-7-15;/h6-9,17H,5,10-14H2,1-4H3,(H2,22,23,24);1H. The number of benzene rings is 1. The van der Waals surface area contributed by atoms with Gasteiger partial charge in [0.25, 0.3) is 0 Å². The molecule has 0 bridgehead atoms. The number of hydrogen-bond acceptors (Lipinski definition) is 3. The Kier molecular flexibility index (Phi) is 9.98. The number of piperidine rings is 1. The average Bonchev–Trinajstić information content (AvgIpc) is 2.66. The molecule has 0 aromatic heterocycles. The maximum absolute atomic E-state index is 13.1. The van der Waals surface area contributed by atoms with Gasteiger partial charge in [-0.05, 0) is 37.5 Å². The third kappa shape index (κ3) is 7.10. The summed E-state index contributed by atoms with van der Waals surface area (Å²) in [6, 6.07) is 6.87. The van der Waals surface area contributed by atoms with E-state index in [0.29, 0.717) is 26.2 Å². The Labute approximate surface area is 184 Å². The highest BCUT2D eigenvalue weighted by Crippen LogP contribution is 2.22. The Balaban J connectivity index is 0.00000392. The molecule has 1 aromatic rings. The van der Waals surface area contributed by atoms with Gasteiger partial charge in [-0.15, -0.1) is 24.0 Å². The molecule has 6 nitrogen and oxygen atoms in total. The van der Waals surface area contributed by atoms with Crippen molar-refractivity contribution in [3.05, 3.63) is 35.6 Å². The van der Waals surface area contributed by atoms with E-state index in [9.17, 15) is 9.18 Å². The van der Waals surface area contributed by atoms with Crippen molar-refractivity contribution in [2.24, 2.45) is 4.99 Å². The molecule has 1 aromatic carbocycles. The Morgan fingerprint density at radius 3 is 2.43 bits per heavy atom. The van der Waals surface area contributed by atoms with E-state index in [1.807, 2.05) is 19.1 Å². The van der Waals surface area contributed by atoms with Gasteiger partial charge in [-0.3, -0.25) is 4.99 Å². The molecule has 0 saturated carbocycles. The van der Waals surface area contributed by atoms with Crippen LogP contribution in [0.25, 0.3) is 0 Å². The number of halogens is 2. The van der Waals surface area contributed by atoms with Gasteiger partial charge in [-0.2, -0.15) is 0 Å². The van der Waals surface area contributed by atoms with Crippen molar-refractivity contribution in [1.82, 2.24) is 15.5 Å². The first kappa shape index (κ1) is 24.5. The molecular weight excluding hydrogens is 474 g/mol. The van der Waals surface area contributed by atoms with Crippen LogP contribution >= 0.6 is 24.0 Å². The Hall–Kier alpha value is -1.58. The molecule has 0 unspecified atom stereocenters. The molecule has 28 heavy (non-hydrogen) atoms. The number of nitrogens with zero attached hydrogens (tertiary/aromatic N) is 2. The van der Waals surface area contributed by atoms with Gasteiger partial charge in [-0.1, -0.05) is 26.0 Å². The molecule has 2 N–H and O–H groups in total. The highest BCUT2D eigenvalue weighted by atomic mass is 127. The van der Waals surface area contributed by atoms with Gasteiger partial charge in [0.2, 0.25) is 0 Å². The van der Waals surface area contributed by atoms with E-state index in [1.165, 1.54) is 12.1 Å². The van der Waals surface area contributed by atoms with Crippen molar-refractivity contribution in [2.45, 2.75) is 45.1 Å². The van der Waals surface area contributed by atoms with E-state index in [2.05, 4.69) is 29.5 Å². The minimum Gasteiger partial charge on any atom is -0.450 e. The van der Waals surface area contributed by atoms with Crippen LogP contribution in [-0.2, 0) is 10.2 Å². The zero-order chi connectivity index (χ0) is 19.9. The quantitative estimate of drug-likeness (QED) is 0.365. The number of aliphatic imine (C=N–C) groups is 1. The summed E-state index contributed by atoms with van der Waals surface area (Å²) in [5.41, 5.74) is 0.896. The first-order valence-electron chi connectivity index (χ1n) is 9.50. The molecule has 2 rings (SSSR count). The molecule has 158 valence electrons. The van der Waals surface area contributed by atoms with Crippen molar-refractivity contribution in [3.8, 4) is 0 Å². The van der Waals surface area contributed by atoms with Crippen LogP contribution in [0.15, 0.2) is 29.3 Å². The summed E-state index contributed by atoms with van der Waals surface area (Å²) in [7, 11) is 1.74. The highest BCUT2D eigenvalue weighted by molar-refractivity contribution is 14.0. The van der Waals surface area contributed by atoms with Gasteiger partial charge < -0.3 is 20.3 Å². The van der Waals surface area contributed by atoms with Crippen molar-refractivity contribution in [3.63, 3.8) is 0 Å². The predicted octanol–water partition coefficient (Wildman–Crippen LogP) is 3.51. The number of guanidine groups is 1. The van der Waals surface area contributed by atoms with Crippen LogP contribution < -0.4 is 10.6 Å². The van der Waals surface area contributed by atoms with Crippen molar-refractivity contribution in [2.75, 3.05) is 33.3 Å². The lowest BCUT2D eigenvalue weighted by Crippen LogP contribution is -2.51. The zero-order valence-electron chi connectivity index (χ0n) is 17.1. The largest absolute Gasteiger partial charge is 0.450 e. The molecule has 1 aliphatic heterocycles. The van der Waals surface area contributed by atoms with Gasteiger partial charge in [0.05, 0.1) is 6.61 Å². The number of hydrogen-bond donors (Lipinski definition) is 2. The molecule has 0 spiro atoms. The Morgan fingerprint density at radius 2 is 1.89 bits per heavy atom. The van der Waals surface area contributed by atoms with Crippen LogP contribution in [0.1, 0.15) is 39.2 Å². The van der Waals surface area contributed by atoms with E-state index >= 15 is 0 Å². The van der Waals surface area contributed by atoms with Gasteiger partial charge in [0.1, 0.15) is 5.82 Å². The second-order valence-electron chi connectivity index (χ2n) is 7.42. The first-order chi connectivity index (χ1) is 12.9. The van der Waals surface area contributed by atoms with E-state index in [0.717, 1.165) is 24.4 Å². The van der Waals surface area contributed by atoms with E-state index in [4.69, 9.17) is 4.74 Å². The van der Waals surface area contributed by atoms with Gasteiger partial charge in [0, 0.05) is 38.1 Å². The normalized spacial score (nSPS) is 15.6. The summed E-state index contributed by atoms with van der Waals surface area (Å²) in [4.78, 5) is 17.8. The lowest BCUT2D eigenvalue weighted by Gasteiger charge is -2.33. The topological polar surface area (TPSA) is 66.0 Å². The molecule has 0 radical (unpaired) electrons. The molecule has 1 aliphatic rings. The summed E-state index contributed by atoms with van der Waals surface area (Å²) in [6.45, 7) is 8.45. The number of rotatable bonds is 5. The summed E-state index contributed by atoms with van der Waals surface area (Å²) in [5, 5.41) is 6.79. The maximum Gasteiger partial charge on any atom is 0.409 e. The fourth-order valence-electron chi connectivity index (χ4n) is 3.12. The van der Waals surface area contributed by atoms with Gasteiger partial charge in [0.15, 0.2) is 5.96 Å². The van der Waals surface area contributed by atoms with E-state index < -0.39 is 0 Å². The summed E-state index contributed by atoms with van der Waals surface area (Å²) >= 11 is 0. The number of nitrogens with one attached hydrogen (secondary N) is 2. The second-order valence-corrected chi connectivity index (χ2v) is 7.42. The monoisotopic (exact) mass is 506 g/mol. The van der Waals surface area contributed by atoms with Crippen molar-refractivity contribution >= 4 is 36.0 Å². The molecule has 0 atom stereocenters. The first-order valence-corrected chi connectivity index (χ1v) is 9.50. The lowest BCUT2D eigenvalue weighted by atomic mass is 9.84. The number of carbonyl (C=O) groups is 1. The molecule has 0 aliphatic carbocycles. The third-order valence-corrected chi connectivity index (χ3v) is 4.91. The minimum atomic E-state index is -0.237. The van der Waals surface area contributed by atoms with Crippen LogP contribution in [0.5, 0.6) is 0 Å². The predicted molar refractivity (Wildman–Crippen MR) is 121 cm³/mol. The summed E-state index contributed by atoms with van der Waals surface area (Å²) < 4.78 is 18.2. The minimum absolute atomic E-state index is 0. The number of carbonyl (C=O) groups excluding carboxylic acids is 1. The number of likely N-dealkylation sites (tertiary alicyclic amines) is 1. The van der Waals surface area contributed by atoms with Crippen molar-refractivity contribution in [1.29, 1.82) is 0 Å². The van der Waals surface area contributed by atoms with Crippen LogP contribution in [0, 0.1) is 5.82 Å². The number of amides is 1. The van der Waals surface area contributed by atoms with E-state index in [1.54, 1.807) is 11.9 Å². The summed E-state index contributed by atoms with van der Waals surface area (Å²) in [5.74, 6) is 0.508. The Bertz CT molecular complexity index is 644. The van der Waals surface area contributed by atoms with Crippen LogP contribution in [-0.4, -0.2) is 56.3 Å². The van der Waals surface area contributed by atoms with Crippen LogP contribution in [0.4, 0.5) is 9.18 Å². The molecule has 1 amide bonds. The second kappa shape index (κ2) is 11.4. The summed E-state index contributed by atoms with van der Waals surface area (Å²) in [6.07, 6.45) is 1.46. The lowest BCUT2D eigenvalue weighted by molar-refractivity contribution is 0.0963. The molecule has 8 heteroatoms. The van der Waals surface area contributed by atoms with Crippen LogP contribution in [0.3, 0.4) is 0 Å². The van der Waals surface area contributed by atoms with Crippen molar-refractivity contribution < 1.29 is 13.9 Å². The number of ether oxygens (including phenoxy) is 1. The van der Waals surface area contributed by atoms with Crippen LogP contribution in [0.2, 0.25) is 0 Å². The van der Waals surface area contributed by atoms with Gasteiger partial charge in [-0.25, -0.2) is 9.18 Å².